The lowest BCUT2D eigenvalue weighted by atomic mass is 9.94. The minimum absolute atomic E-state index is 0.155. The summed E-state index contributed by atoms with van der Waals surface area (Å²) < 4.78 is 0. The number of amides is 1. The van der Waals surface area contributed by atoms with Crippen molar-refractivity contribution in [3.8, 4) is 0 Å². The second-order valence-electron chi connectivity index (χ2n) is 5.59. The van der Waals surface area contributed by atoms with Gasteiger partial charge in [0.1, 0.15) is 0 Å². The van der Waals surface area contributed by atoms with Gasteiger partial charge >= 0.3 is 0 Å². The monoisotopic (exact) mass is 255 g/mol. The lowest BCUT2D eigenvalue weighted by Crippen LogP contribution is -2.42. The van der Waals surface area contributed by atoms with Gasteiger partial charge in [0, 0.05) is 38.1 Å². The van der Waals surface area contributed by atoms with E-state index < -0.39 is 0 Å². The van der Waals surface area contributed by atoms with E-state index in [-0.39, 0.29) is 11.9 Å². The van der Waals surface area contributed by atoms with Crippen molar-refractivity contribution >= 4 is 5.91 Å². The molecule has 0 aliphatic heterocycles. The molecule has 106 valence electrons. The van der Waals surface area contributed by atoms with Crippen LogP contribution in [0.5, 0.6) is 0 Å². The molecule has 1 rings (SSSR count). The summed E-state index contributed by atoms with van der Waals surface area (Å²) in [4.78, 5) is 14.1. The van der Waals surface area contributed by atoms with Crippen molar-refractivity contribution in [2.45, 2.75) is 64.5 Å². The van der Waals surface area contributed by atoms with Crippen molar-refractivity contribution < 1.29 is 4.79 Å². The van der Waals surface area contributed by atoms with Gasteiger partial charge in [-0.1, -0.05) is 19.3 Å². The van der Waals surface area contributed by atoms with E-state index in [4.69, 9.17) is 5.73 Å². The Morgan fingerprint density at radius 3 is 2.50 bits per heavy atom. The molecule has 0 bridgehead atoms. The van der Waals surface area contributed by atoms with Crippen LogP contribution in [-0.4, -0.2) is 42.5 Å². The van der Waals surface area contributed by atoms with E-state index in [1.54, 1.807) is 0 Å². The highest BCUT2D eigenvalue weighted by Gasteiger charge is 2.20. The zero-order chi connectivity index (χ0) is 13.4. The molecule has 1 aliphatic rings. The van der Waals surface area contributed by atoms with Gasteiger partial charge < -0.3 is 11.1 Å². The van der Waals surface area contributed by atoms with E-state index in [0.717, 1.165) is 13.1 Å². The molecule has 0 aromatic rings. The molecular weight excluding hydrogens is 226 g/mol. The summed E-state index contributed by atoms with van der Waals surface area (Å²) in [5.74, 6) is 0.155. The number of hydrogen-bond acceptors (Lipinski definition) is 3. The van der Waals surface area contributed by atoms with Gasteiger partial charge in [0.15, 0.2) is 0 Å². The molecular formula is C14H29N3O. The van der Waals surface area contributed by atoms with Gasteiger partial charge in [-0.3, -0.25) is 9.69 Å². The van der Waals surface area contributed by atoms with E-state index in [2.05, 4.69) is 10.2 Å². The molecule has 4 heteroatoms. The Morgan fingerprint density at radius 1 is 1.28 bits per heavy atom. The summed E-state index contributed by atoms with van der Waals surface area (Å²) in [6.45, 7) is 6.44. The van der Waals surface area contributed by atoms with Crippen LogP contribution in [0.4, 0.5) is 0 Å². The molecule has 0 saturated heterocycles. The maximum atomic E-state index is 11.7. The average Bonchev–Trinajstić information content (AvgIpc) is 2.34. The topological polar surface area (TPSA) is 58.4 Å². The number of carbonyl (C=O) groups excluding carboxylic acids is 1. The highest BCUT2D eigenvalue weighted by atomic mass is 16.1. The molecule has 0 atom stereocenters. The highest BCUT2D eigenvalue weighted by molar-refractivity contribution is 5.76. The molecule has 0 unspecified atom stereocenters. The first-order valence-electron chi connectivity index (χ1n) is 7.37. The summed E-state index contributed by atoms with van der Waals surface area (Å²) >= 11 is 0. The number of carbonyl (C=O) groups is 1. The van der Waals surface area contributed by atoms with E-state index in [0.29, 0.717) is 19.0 Å². The summed E-state index contributed by atoms with van der Waals surface area (Å²) in [6, 6.07) is 0.879. The number of hydrogen-bond donors (Lipinski definition) is 2. The minimum atomic E-state index is 0.155. The van der Waals surface area contributed by atoms with Gasteiger partial charge in [-0.05, 0) is 26.7 Å². The third kappa shape index (κ3) is 5.83. The molecule has 3 N–H and O–H groups in total. The fraction of sp³-hybridized carbons (Fsp3) is 0.929. The third-order valence-electron chi connectivity index (χ3n) is 3.58. The first-order chi connectivity index (χ1) is 8.63. The van der Waals surface area contributed by atoms with Crippen LogP contribution < -0.4 is 11.1 Å². The van der Waals surface area contributed by atoms with Crippen LogP contribution in [0.2, 0.25) is 0 Å². The number of rotatable bonds is 7. The Kier molecular flexibility index (Phi) is 7.28. The molecule has 0 aromatic carbocycles. The molecule has 0 aromatic heterocycles. The number of nitrogens with one attached hydrogen (secondary N) is 1. The van der Waals surface area contributed by atoms with Gasteiger partial charge in [-0.15, -0.1) is 0 Å². The van der Waals surface area contributed by atoms with Crippen molar-refractivity contribution in [2.24, 2.45) is 5.73 Å². The normalized spacial score (nSPS) is 17.4. The lowest BCUT2D eigenvalue weighted by Gasteiger charge is -2.34. The van der Waals surface area contributed by atoms with Crippen molar-refractivity contribution in [2.75, 3.05) is 19.6 Å². The molecule has 1 saturated carbocycles. The maximum Gasteiger partial charge on any atom is 0.221 e. The fourth-order valence-corrected chi connectivity index (χ4v) is 2.73. The van der Waals surface area contributed by atoms with Crippen LogP contribution in [-0.2, 0) is 4.79 Å². The first kappa shape index (κ1) is 15.4. The van der Waals surface area contributed by atoms with Crippen molar-refractivity contribution in [1.29, 1.82) is 0 Å². The van der Waals surface area contributed by atoms with Crippen LogP contribution in [0.15, 0.2) is 0 Å². The Morgan fingerprint density at radius 2 is 1.94 bits per heavy atom. The second kappa shape index (κ2) is 8.48. The van der Waals surface area contributed by atoms with Crippen molar-refractivity contribution in [1.82, 2.24) is 10.2 Å². The van der Waals surface area contributed by atoms with E-state index in [1.807, 2.05) is 13.8 Å². The Labute approximate surface area is 111 Å². The van der Waals surface area contributed by atoms with Crippen LogP contribution in [0.3, 0.4) is 0 Å². The SMILES string of the molecule is CC(C)NC(=O)CCN(CCN)C1CCCCC1. The fourth-order valence-electron chi connectivity index (χ4n) is 2.73. The van der Waals surface area contributed by atoms with Crippen LogP contribution in [0, 0.1) is 0 Å². The van der Waals surface area contributed by atoms with Gasteiger partial charge in [0.05, 0.1) is 0 Å². The van der Waals surface area contributed by atoms with E-state index in [1.165, 1.54) is 32.1 Å². The largest absolute Gasteiger partial charge is 0.354 e. The average molecular weight is 255 g/mol. The van der Waals surface area contributed by atoms with Crippen LogP contribution >= 0.6 is 0 Å². The van der Waals surface area contributed by atoms with E-state index in [9.17, 15) is 4.79 Å². The first-order valence-corrected chi connectivity index (χ1v) is 7.37. The highest BCUT2D eigenvalue weighted by Crippen LogP contribution is 2.22. The summed E-state index contributed by atoms with van der Waals surface area (Å²) in [5, 5.41) is 2.95. The zero-order valence-corrected chi connectivity index (χ0v) is 12.0. The van der Waals surface area contributed by atoms with Gasteiger partial charge in [-0.25, -0.2) is 0 Å². The second-order valence-corrected chi connectivity index (χ2v) is 5.59. The Bertz CT molecular complexity index is 237. The summed E-state index contributed by atoms with van der Waals surface area (Å²) in [6.07, 6.45) is 7.14. The minimum Gasteiger partial charge on any atom is -0.354 e. The maximum absolute atomic E-state index is 11.7. The number of nitrogens with two attached hydrogens (primary N) is 1. The van der Waals surface area contributed by atoms with E-state index >= 15 is 0 Å². The molecule has 1 aliphatic carbocycles. The van der Waals surface area contributed by atoms with Crippen LogP contribution in [0.1, 0.15) is 52.4 Å². The Hall–Kier alpha value is -0.610. The zero-order valence-electron chi connectivity index (χ0n) is 12.0. The molecule has 0 heterocycles. The molecule has 4 nitrogen and oxygen atoms in total. The predicted molar refractivity (Wildman–Crippen MR) is 75.4 cm³/mol. The van der Waals surface area contributed by atoms with Gasteiger partial charge in [-0.2, -0.15) is 0 Å². The molecule has 0 spiro atoms. The van der Waals surface area contributed by atoms with Crippen LogP contribution in [0.25, 0.3) is 0 Å². The Balaban J connectivity index is 2.34. The molecule has 18 heavy (non-hydrogen) atoms. The predicted octanol–water partition coefficient (Wildman–Crippen LogP) is 1.49. The molecule has 0 radical (unpaired) electrons. The molecule has 1 amide bonds. The van der Waals surface area contributed by atoms with Gasteiger partial charge in [0.2, 0.25) is 5.91 Å². The lowest BCUT2D eigenvalue weighted by molar-refractivity contribution is -0.122. The summed E-state index contributed by atoms with van der Waals surface area (Å²) in [7, 11) is 0. The smallest absolute Gasteiger partial charge is 0.221 e. The standard InChI is InChI=1S/C14H29N3O/c1-12(2)16-14(18)8-10-17(11-9-15)13-6-4-3-5-7-13/h12-13H,3-11,15H2,1-2H3,(H,16,18). The molecule has 1 fully saturated rings. The summed E-state index contributed by atoms with van der Waals surface area (Å²) in [5.41, 5.74) is 5.68. The number of nitrogens with zero attached hydrogens (tertiary/aromatic N) is 1. The van der Waals surface area contributed by atoms with Crippen molar-refractivity contribution in [3.63, 3.8) is 0 Å². The quantitative estimate of drug-likeness (QED) is 0.725. The third-order valence-corrected chi connectivity index (χ3v) is 3.58. The van der Waals surface area contributed by atoms with Crippen molar-refractivity contribution in [3.05, 3.63) is 0 Å². The van der Waals surface area contributed by atoms with Gasteiger partial charge in [0.25, 0.3) is 0 Å².